The van der Waals surface area contributed by atoms with Crippen molar-refractivity contribution in [3.8, 4) is 0 Å². The predicted octanol–water partition coefficient (Wildman–Crippen LogP) is 3.38. The minimum atomic E-state index is -3.63. The molecule has 1 N–H and O–H groups in total. The van der Waals surface area contributed by atoms with Gasteiger partial charge in [-0.3, -0.25) is 0 Å². The van der Waals surface area contributed by atoms with Crippen LogP contribution in [0.3, 0.4) is 0 Å². The van der Waals surface area contributed by atoms with E-state index in [0.29, 0.717) is 0 Å². The van der Waals surface area contributed by atoms with Gasteiger partial charge in [0.1, 0.15) is 12.2 Å². The quantitative estimate of drug-likeness (QED) is 0.696. The summed E-state index contributed by atoms with van der Waals surface area (Å²) in [5.74, 6) is -1.20. The number of rotatable bonds is 7. The van der Waals surface area contributed by atoms with Gasteiger partial charge < -0.3 is 14.7 Å². The van der Waals surface area contributed by atoms with E-state index in [2.05, 4.69) is 0 Å². The van der Waals surface area contributed by atoms with Crippen molar-refractivity contribution in [2.45, 2.75) is 42.8 Å². The SMILES string of the molecule is CN(O)[C@@H](CS(=O)(=O)c1ccccc1)[C@H]1OC(C)(C)O[C@H]1/C=C/c1ccccc1. The number of hydrogen-bond donors (Lipinski definition) is 1. The Balaban J connectivity index is 1.86. The monoisotopic (exact) mass is 417 g/mol. The van der Waals surface area contributed by atoms with Crippen LogP contribution < -0.4 is 0 Å². The lowest BCUT2D eigenvalue weighted by molar-refractivity contribution is -0.171. The Morgan fingerprint density at radius 1 is 1.07 bits per heavy atom. The molecule has 0 bridgehead atoms. The first-order valence-electron chi connectivity index (χ1n) is 9.46. The third kappa shape index (κ3) is 5.52. The second-order valence-electron chi connectivity index (χ2n) is 7.57. The molecule has 0 unspecified atom stereocenters. The lowest BCUT2D eigenvalue weighted by Gasteiger charge is -2.29. The number of hydroxylamine groups is 2. The minimum Gasteiger partial charge on any atom is -0.342 e. The van der Waals surface area contributed by atoms with E-state index < -0.39 is 33.9 Å². The van der Waals surface area contributed by atoms with E-state index in [1.807, 2.05) is 42.5 Å². The molecule has 1 fully saturated rings. The van der Waals surface area contributed by atoms with Crippen LogP contribution in [0.4, 0.5) is 0 Å². The highest BCUT2D eigenvalue weighted by Crippen LogP contribution is 2.33. The maximum Gasteiger partial charge on any atom is 0.180 e. The highest BCUT2D eigenvalue weighted by atomic mass is 32.2. The smallest absolute Gasteiger partial charge is 0.180 e. The Morgan fingerprint density at radius 3 is 2.24 bits per heavy atom. The molecule has 7 heteroatoms. The van der Waals surface area contributed by atoms with Gasteiger partial charge in [-0.2, -0.15) is 5.06 Å². The van der Waals surface area contributed by atoms with Crippen molar-refractivity contribution >= 4 is 15.9 Å². The molecule has 0 saturated carbocycles. The average molecular weight is 418 g/mol. The van der Waals surface area contributed by atoms with Crippen LogP contribution in [0.2, 0.25) is 0 Å². The lowest BCUT2D eigenvalue weighted by Crippen LogP contribution is -2.48. The van der Waals surface area contributed by atoms with E-state index in [0.717, 1.165) is 10.6 Å². The molecule has 3 atom stereocenters. The number of sulfone groups is 1. The molecule has 156 valence electrons. The van der Waals surface area contributed by atoms with Gasteiger partial charge >= 0.3 is 0 Å². The van der Waals surface area contributed by atoms with Crippen LogP contribution in [0.25, 0.3) is 6.08 Å². The zero-order valence-electron chi connectivity index (χ0n) is 16.8. The number of ether oxygens (including phenoxy) is 2. The van der Waals surface area contributed by atoms with Crippen molar-refractivity contribution in [2.24, 2.45) is 0 Å². The summed E-state index contributed by atoms with van der Waals surface area (Å²) in [6, 6.07) is 17.1. The first-order valence-corrected chi connectivity index (χ1v) is 11.1. The first-order chi connectivity index (χ1) is 13.7. The van der Waals surface area contributed by atoms with Gasteiger partial charge in [0, 0.05) is 7.05 Å². The molecule has 0 radical (unpaired) electrons. The van der Waals surface area contributed by atoms with Gasteiger partial charge in [0.2, 0.25) is 0 Å². The molecule has 29 heavy (non-hydrogen) atoms. The predicted molar refractivity (Wildman–Crippen MR) is 111 cm³/mol. The third-order valence-corrected chi connectivity index (χ3v) is 6.56. The van der Waals surface area contributed by atoms with E-state index in [1.165, 1.54) is 7.05 Å². The summed E-state index contributed by atoms with van der Waals surface area (Å²) < 4.78 is 37.8. The maximum absolute atomic E-state index is 12.9. The van der Waals surface area contributed by atoms with Gasteiger partial charge in [0.15, 0.2) is 15.6 Å². The largest absolute Gasteiger partial charge is 0.342 e. The summed E-state index contributed by atoms with van der Waals surface area (Å²) in [4.78, 5) is 0.210. The van der Waals surface area contributed by atoms with E-state index in [9.17, 15) is 13.6 Å². The van der Waals surface area contributed by atoms with Gasteiger partial charge in [-0.05, 0) is 31.5 Å². The Labute approximate surface area is 172 Å². The molecule has 0 aliphatic carbocycles. The summed E-state index contributed by atoms with van der Waals surface area (Å²) in [7, 11) is -2.20. The second kappa shape index (κ2) is 8.77. The maximum atomic E-state index is 12.9. The minimum absolute atomic E-state index is 0.210. The highest BCUT2D eigenvalue weighted by Gasteiger charge is 2.46. The molecular formula is C22H27NO5S. The Morgan fingerprint density at radius 2 is 1.66 bits per heavy atom. The zero-order chi connectivity index (χ0) is 21.1. The van der Waals surface area contributed by atoms with Gasteiger partial charge in [-0.15, -0.1) is 0 Å². The van der Waals surface area contributed by atoms with Crippen LogP contribution in [0.1, 0.15) is 19.4 Å². The van der Waals surface area contributed by atoms with Gasteiger partial charge in [-0.25, -0.2) is 8.42 Å². The zero-order valence-corrected chi connectivity index (χ0v) is 17.6. The fourth-order valence-corrected chi connectivity index (χ4v) is 5.02. The van der Waals surface area contributed by atoms with Crippen LogP contribution in [0.15, 0.2) is 71.6 Å². The highest BCUT2D eigenvalue weighted by molar-refractivity contribution is 7.91. The molecular weight excluding hydrogens is 390 g/mol. The van der Waals surface area contributed by atoms with Crippen LogP contribution in [0, 0.1) is 0 Å². The molecule has 1 aliphatic heterocycles. The Bertz CT molecular complexity index is 926. The molecule has 3 rings (SSSR count). The molecule has 0 amide bonds. The van der Waals surface area contributed by atoms with Gasteiger partial charge in [-0.1, -0.05) is 60.7 Å². The molecule has 2 aromatic rings. The van der Waals surface area contributed by atoms with Crippen molar-refractivity contribution in [3.63, 3.8) is 0 Å². The average Bonchev–Trinajstić information content (AvgIpc) is 3.00. The molecule has 1 saturated heterocycles. The summed E-state index contributed by atoms with van der Waals surface area (Å²) in [6.07, 6.45) is 2.57. The Kier molecular flexibility index (Phi) is 6.55. The molecule has 1 aliphatic rings. The summed E-state index contributed by atoms with van der Waals surface area (Å²) in [5.41, 5.74) is 0.991. The van der Waals surface area contributed by atoms with Gasteiger partial charge in [0.25, 0.3) is 0 Å². The fraction of sp³-hybridized carbons (Fsp3) is 0.364. The van der Waals surface area contributed by atoms with E-state index in [-0.39, 0.29) is 10.6 Å². The normalized spacial score (nSPS) is 22.9. The van der Waals surface area contributed by atoms with Crippen LogP contribution in [0.5, 0.6) is 0 Å². The van der Waals surface area contributed by atoms with Crippen molar-refractivity contribution in [2.75, 3.05) is 12.8 Å². The van der Waals surface area contributed by atoms with Crippen molar-refractivity contribution in [3.05, 3.63) is 72.3 Å². The lowest BCUT2D eigenvalue weighted by atomic mass is 10.1. The summed E-state index contributed by atoms with van der Waals surface area (Å²) in [6.45, 7) is 3.55. The third-order valence-electron chi connectivity index (χ3n) is 4.79. The molecule has 6 nitrogen and oxygen atoms in total. The standard InChI is InChI=1S/C22H27NO5S/c1-22(2)27-20(15-14-17-10-6-4-7-11-17)21(28-22)19(23(3)24)16-29(25,26)18-12-8-5-9-13-18/h4-15,19-21,24H,16H2,1-3H3/b15-14+/t19-,20-,21+/m0/s1. The van der Waals surface area contributed by atoms with E-state index in [1.54, 1.807) is 44.2 Å². The topological polar surface area (TPSA) is 76.1 Å². The van der Waals surface area contributed by atoms with Gasteiger partial charge in [0.05, 0.1) is 16.7 Å². The molecule has 2 aromatic carbocycles. The molecule has 0 aromatic heterocycles. The van der Waals surface area contributed by atoms with Crippen molar-refractivity contribution < 1.29 is 23.1 Å². The first kappa shape index (κ1) is 21.7. The number of benzene rings is 2. The fourth-order valence-electron chi connectivity index (χ4n) is 3.40. The van der Waals surface area contributed by atoms with E-state index >= 15 is 0 Å². The number of hydrogen-bond acceptors (Lipinski definition) is 6. The van der Waals surface area contributed by atoms with Crippen LogP contribution in [-0.4, -0.2) is 55.5 Å². The van der Waals surface area contributed by atoms with Crippen molar-refractivity contribution in [1.29, 1.82) is 0 Å². The summed E-state index contributed by atoms with van der Waals surface area (Å²) >= 11 is 0. The number of likely N-dealkylation sites (N-methyl/N-ethyl adjacent to an activating group) is 1. The van der Waals surface area contributed by atoms with Crippen LogP contribution >= 0.6 is 0 Å². The van der Waals surface area contributed by atoms with Crippen LogP contribution in [-0.2, 0) is 19.3 Å². The van der Waals surface area contributed by atoms with E-state index in [4.69, 9.17) is 9.47 Å². The molecule has 0 spiro atoms. The second-order valence-corrected chi connectivity index (χ2v) is 9.60. The number of nitrogens with zero attached hydrogens (tertiary/aromatic N) is 1. The summed E-state index contributed by atoms with van der Waals surface area (Å²) in [5, 5.41) is 11.2. The van der Waals surface area contributed by atoms with Crippen molar-refractivity contribution in [1.82, 2.24) is 5.06 Å². The Hall–Kier alpha value is -2.03. The molecule has 1 heterocycles.